The van der Waals surface area contributed by atoms with Gasteiger partial charge in [-0.15, -0.1) is 0 Å². The molecule has 0 N–H and O–H groups in total. The lowest BCUT2D eigenvalue weighted by Gasteiger charge is -2.48. The number of hydrogen-bond donors (Lipinski definition) is 0. The number of halogens is 6. The molecule has 20 heavy (non-hydrogen) atoms. The molecule has 2 nitrogen and oxygen atoms in total. The second-order valence-electron chi connectivity index (χ2n) is 6.15. The predicted octanol–water partition coefficient (Wildman–Crippen LogP) is 4.49. The number of carbonyl (C=O) groups is 1. The summed E-state index contributed by atoms with van der Waals surface area (Å²) < 4.78 is 82.7. The third-order valence-electron chi connectivity index (χ3n) is 3.72. The number of ether oxygens (including phenoxy) is 1. The van der Waals surface area contributed by atoms with Crippen LogP contribution in [0.3, 0.4) is 0 Å². The van der Waals surface area contributed by atoms with Gasteiger partial charge in [-0.25, -0.2) is 0 Å². The minimum absolute atomic E-state index is 0.00853. The lowest BCUT2D eigenvalue weighted by molar-refractivity contribution is -0.370. The van der Waals surface area contributed by atoms with Gasteiger partial charge in [-0.05, 0) is 32.6 Å². The lowest BCUT2D eigenvalue weighted by atomic mass is 9.61. The molecule has 0 spiro atoms. The van der Waals surface area contributed by atoms with Crippen LogP contribution in [0.15, 0.2) is 0 Å². The Kier molecular flexibility index (Phi) is 4.87. The highest BCUT2D eigenvalue weighted by Crippen LogP contribution is 2.61. The number of rotatable bonds is 5. The van der Waals surface area contributed by atoms with Gasteiger partial charge in [0.2, 0.25) is 0 Å². The summed E-state index contributed by atoms with van der Waals surface area (Å²) in [5, 5.41) is 0. The molecule has 0 heterocycles. The van der Waals surface area contributed by atoms with E-state index >= 15 is 0 Å². The van der Waals surface area contributed by atoms with Crippen molar-refractivity contribution in [1.29, 1.82) is 0 Å². The number of carbonyl (C=O) groups excluding carboxylic acids is 1. The van der Waals surface area contributed by atoms with Crippen molar-refractivity contribution in [2.75, 3.05) is 0 Å². The van der Waals surface area contributed by atoms with E-state index in [4.69, 9.17) is 0 Å². The van der Waals surface area contributed by atoms with Gasteiger partial charge in [0, 0.05) is 0 Å². The van der Waals surface area contributed by atoms with Crippen molar-refractivity contribution in [2.24, 2.45) is 10.8 Å². The average molecular weight is 308 g/mol. The third kappa shape index (κ3) is 3.38. The Morgan fingerprint density at radius 3 is 1.45 bits per heavy atom. The standard InChI is InChI=1S/C12H18F6O2/c1-8(2,6-9(3,4)20-7-19)10(5,11(13,14)15)12(16,17)18/h7H,6H2,1-5H3. The Hall–Kier alpha value is -0.950. The number of alkyl halides is 6. The molecule has 0 saturated carbocycles. The van der Waals surface area contributed by atoms with E-state index in [1.165, 1.54) is 13.8 Å². The van der Waals surface area contributed by atoms with Crippen molar-refractivity contribution < 1.29 is 35.9 Å². The van der Waals surface area contributed by atoms with Crippen molar-refractivity contribution in [3.63, 3.8) is 0 Å². The molecule has 0 radical (unpaired) electrons. The fourth-order valence-corrected chi connectivity index (χ4v) is 2.34. The van der Waals surface area contributed by atoms with Crippen LogP contribution in [0.4, 0.5) is 26.3 Å². The van der Waals surface area contributed by atoms with Crippen LogP contribution in [0.2, 0.25) is 0 Å². The second-order valence-corrected chi connectivity index (χ2v) is 6.15. The molecule has 0 fully saturated rings. The molecule has 8 heteroatoms. The van der Waals surface area contributed by atoms with Gasteiger partial charge in [0.25, 0.3) is 6.47 Å². The van der Waals surface area contributed by atoms with Crippen LogP contribution in [0.1, 0.15) is 41.0 Å². The van der Waals surface area contributed by atoms with Crippen LogP contribution < -0.4 is 0 Å². The minimum Gasteiger partial charge on any atom is -0.462 e. The Morgan fingerprint density at radius 1 is 0.850 bits per heavy atom. The Labute approximate surface area is 113 Å². The Bertz CT molecular complexity index is 340. The molecule has 0 rings (SSSR count). The highest BCUT2D eigenvalue weighted by Gasteiger charge is 2.74. The molecule has 0 aliphatic heterocycles. The summed E-state index contributed by atoms with van der Waals surface area (Å²) >= 11 is 0. The molecular formula is C12H18F6O2. The SMILES string of the molecule is CC(C)(CC(C)(C)C(C)(C(F)(F)F)C(F)(F)F)OC=O. The topological polar surface area (TPSA) is 26.3 Å². The monoisotopic (exact) mass is 308 g/mol. The quantitative estimate of drug-likeness (QED) is 0.553. The zero-order valence-electron chi connectivity index (χ0n) is 11.9. The zero-order chi connectivity index (χ0) is 16.6. The first-order chi connectivity index (χ1) is 8.52. The van der Waals surface area contributed by atoms with Gasteiger partial charge < -0.3 is 4.74 Å². The van der Waals surface area contributed by atoms with Crippen molar-refractivity contribution >= 4 is 6.47 Å². The van der Waals surface area contributed by atoms with Gasteiger partial charge in [-0.3, -0.25) is 4.79 Å². The Morgan fingerprint density at radius 2 is 1.20 bits per heavy atom. The van der Waals surface area contributed by atoms with Crippen molar-refractivity contribution in [3.05, 3.63) is 0 Å². The van der Waals surface area contributed by atoms with Gasteiger partial charge >= 0.3 is 12.4 Å². The summed E-state index contributed by atoms with van der Waals surface area (Å²) in [6, 6.07) is 0. The molecule has 0 aliphatic carbocycles. The summed E-state index contributed by atoms with van der Waals surface area (Å²) in [6.45, 7) is 4.39. The first-order valence-corrected chi connectivity index (χ1v) is 5.77. The maximum atomic E-state index is 13.0. The molecule has 0 amide bonds. The van der Waals surface area contributed by atoms with E-state index in [1.807, 2.05) is 0 Å². The van der Waals surface area contributed by atoms with E-state index in [0.29, 0.717) is 0 Å². The first-order valence-electron chi connectivity index (χ1n) is 5.77. The van der Waals surface area contributed by atoms with Gasteiger partial charge in [0.05, 0.1) is 0 Å². The van der Waals surface area contributed by atoms with E-state index in [1.54, 1.807) is 0 Å². The Balaban J connectivity index is 5.77. The second kappa shape index (κ2) is 5.11. The van der Waals surface area contributed by atoms with E-state index < -0.39 is 35.2 Å². The van der Waals surface area contributed by atoms with Crippen LogP contribution >= 0.6 is 0 Å². The van der Waals surface area contributed by atoms with Crippen LogP contribution in [0, 0.1) is 10.8 Å². The highest BCUT2D eigenvalue weighted by atomic mass is 19.4. The number of hydrogen-bond acceptors (Lipinski definition) is 2. The smallest absolute Gasteiger partial charge is 0.403 e. The van der Waals surface area contributed by atoms with Crippen LogP contribution in [0.5, 0.6) is 0 Å². The van der Waals surface area contributed by atoms with Gasteiger partial charge in [-0.1, -0.05) is 13.8 Å². The van der Waals surface area contributed by atoms with Gasteiger partial charge in [0.15, 0.2) is 5.41 Å². The van der Waals surface area contributed by atoms with E-state index in [0.717, 1.165) is 13.8 Å². The van der Waals surface area contributed by atoms with E-state index in [2.05, 4.69) is 4.74 Å². The summed E-state index contributed by atoms with van der Waals surface area (Å²) in [7, 11) is 0. The molecule has 0 aromatic rings. The maximum absolute atomic E-state index is 13.0. The third-order valence-corrected chi connectivity index (χ3v) is 3.72. The lowest BCUT2D eigenvalue weighted by Crippen LogP contribution is -2.58. The van der Waals surface area contributed by atoms with Crippen LogP contribution in [0.25, 0.3) is 0 Å². The molecule has 120 valence electrons. The molecule has 0 saturated heterocycles. The van der Waals surface area contributed by atoms with Gasteiger partial charge in [-0.2, -0.15) is 26.3 Å². The van der Waals surface area contributed by atoms with Crippen molar-refractivity contribution in [3.8, 4) is 0 Å². The van der Waals surface area contributed by atoms with E-state index in [9.17, 15) is 31.1 Å². The predicted molar refractivity (Wildman–Crippen MR) is 59.8 cm³/mol. The molecule has 0 bridgehead atoms. The summed E-state index contributed by atoms with van der Waals surface area (Å²) in [5.74, 6) is 0. The molecule has 0 aliphatic rings. The van der Waals surface area contributed by atoms with Crippen molar-refractivity contribution in [1.82, 2.24) is 0 Å². The molecule has 0 aromatic carbocycles. The summed E-state index contributed by atoms with van der Waals surface area (Å²) in [6.07, 6.45) is -11.6. The molecular weight excluding hydrogens is 290 g/mol. The minimum atomic E-state index is -5.48. The normalized spacial score (nSPS) is 15.2. The molecule has 0 unspecified atom stereocenters. The zero-order valence-corrected chi connectivity index (χ0v) is 11.9. The highest BCUT2D eigenvalue weighted by molar-refractivity contribution is 5.38. The van der Waals surface area contributed by atoms with Crippen LogP contribution in [-0.4, -0.2) is 24.4 Å². The first kappa shape index (κ1) is 19.1. The average Bonchev–Trinajstić information content (AvgIpc) is 2.10. The van der Waals surface area contributed by atoms with Crippen molar-refractivity contribution in [2.45, 2.75) is 59.0 Å². The molecule has 0 atom stereocenters. The molecule has 0 aromatic heterocycles. The van der Waals surface area contributed by atoms with Gasteiger partial charge in [0.1, 0.15) is 5.60 Å². The maximum Gasteiger partial charge on any atom is 0.403 e. The largest absolute Gasteiger partial charge is 0.462 e. The fourth-order valence-electron chi connectivity index (χ4n) is 2.34. The summed E-state index contributed by atoms with van der Waals surface area (Å²) in [4.78, 5) is 10.3. The van der Waals surface area contributed by atoms with E-state index in [-0.39, 0.29) is 13.4 Å². The van der Waals surface area contributed by atoms with Crippen LogP contribution in [-0.2, 0) is 9.53 Å². The fraction of sp³-hybridized carbons (Fsp3) is 0.917. The summed E-state index contributed by atoms with van der Waals surface area (Å²) in [5.41, 5.74) is -7.59.